The van der Waals surface area contributed by atoms with Crippen LogP contribution in [0.3, 0.4) is 0 Å². The summed E-state index contributed by atoms with van der Waals surface area (Å²) in [5.41, 5.74) is 7.46. The molecular weight excluding hydrogens is 309 g/mol. The van der Waals surface area contributed by atoms with E-state index in [9.17, 15) is 0 Å². The highest BCUT2D eigenvalue weighted by atomic mass is 35.5. The molecule has 112 valence electrons. The van der Waals surface area contributed by atoms with Gasteiger partial charge in [0, 0.05) is 27.7 Å². The molecule has 2 rings (SSSR count). The summed E-state index contributed by atoms with van der Waals surface area (Å²) in [6.07, 6.45) is 0. The first-order valence-corrected chi connectivity index (χ1v) is 7.42. The summed E-state index contributed by atoms with van der Waals surface area (Å²) in [5, 5.41) is 1.23. The molecule has 2 aromatic carbocycles. The topological polar surface area (TPSA) is 44.5 Å². The molecule has 0 aliphatic heterocycles. The maximum Gasteiger partial charge on any atom is 0.166 e. The summed E-state index contributed by atoms with van der Waals surface area (Å²) in [6, 6.07) is 10.9. The largest absolute Gasteiger partial charge is 0.490 e. The van der Waals surface area contributed by atoms with Crippen LogP contribution < -0.4 is 15.2 Å². The average molecular weight is 326 g/mol. The number of benzene rings is 2. The highest BCUT2D eigenvalue weighted by molar-refractivity contribution is 6.33. The third-order valence-electron chi connectivity index (χ3n) is 2.96. The van der Waals surface area contributed by atoms with Crippen molar-refractivity contribution in [2.75, 3.05) is 6.61 Å². The van der Waals surface area contributed by atoms with E-state index in [4.69, 9.17) is 38.4 Å². The molecule has 0 heterocycles. The van der Waals surface area contributed by atoms with Crippen LogP contribution in [0.5, 0.6) is 11.5 Å². The lowest BCUT2D eigenvalue weighted by atomic mass is 10.2. The van der Waals surface area contributed by atoms with Crippen molar-refractivity contribution in [3.05, 3.63) is 57.6 Å². The summed E-state index contributed by atoms with van der Waals surface area (Å²) in [4.78, 5) is 0. The Morgan fingerprint density at radius 1 is 1.05 bits per heavy atom. The molecule has 0 spiro atoms. The van der Waals surface area contributed by atoms with Crippen molar-refractivity contribution in [1.29, 1.82) is 0 Å². The minimum absolute atomic E-state index is 0.302. The molecule has 0 radical (unpaired) electrons. The van der Waals surface area contributed by atoms with E-state index in [1.165, 1.54) is 0 Å². The Morgan fingerprint density at radius 3 is 2.57 bits per heavy atom. The molecule has 21 heavy (non-hydrogen) atoms. The second kappa shape index (κ2) is 7.55. The Labute approximate surface area is 134 Å². The summed E-state index contributed by atoms with van der Waals surface area (Å²) >= 11 is 12.1. The second-order valence-electron chi connectivity index (χ2n) is 4.41. The lowest BCUT2D eigenvalue weighted by molar-refractivity contribution is 0.267. The van der Waals surface area contributed by atoms with Gasteiger partial charge in [0.05, 0.1) is 6.61 Å². The highest BCUT2D eigenvalue weighted by Gasteiger charge is 2.11. The van der Waals surface area contributed by atoms with E-state index in [-0.39, 0.29) is 0 Å². The van der Waals surface area contributed by atoms with Gasteiger partial charge in [0.25, 0.3) is 0 Å². The van der Waals surface area contributed by atoms with Gasteiger partial charge in [-0.1, -0.05) is 35.3 Å². The first-order valence-electron chi connectivity index (χ1n) is 6.67. The van der Waals surface area contributed by atoms with Crippen LogP contribution in [-0.2, 0) is 13.2 Å². The molecule has 0 unspecified atom stereocenters. The van der Waals surface area contributed by atoms with E-state index in [0.29, 0.717) is 41.3 Å². The molecule has 0 bridgehead atoms. The number of rotatable bonds is 6. The third kappa shape index (κ3) is 4.03. The van der Waals surface area contributed by atoms with Gasteiger partial charge in [0.2, 0.25) is 0 Å². The van der Waals surface area contributed by atoms with Gasteiger partial charge in [-0.2, -0.15) is 0 Å². The van der Waals surface area contributed by atoms with Crippen molar-refractivity contribution in [1.82, 2.24) is 0 Å². The standard InChI is InChI=1S/C16H17Cl2NO2/c1-2-20-15-5-3-4-11(9-19)16(15)21-10-12-8-13(17)6-7-14(12)18/h3-8H,2,9-10,19H2,1H3. The minimum atomic E-state index is 0.302. The molecule has 2 N–H and O–H groups in total. The van der Waals surface area contributed by atoms with E-state index in [1.807, 2.05) is 25.1 Å². The maximum atomic E-state index is 6.14. The quantitative estimate of drug-likeness (QED) is 0.854. The van der Waals surface area contributed by atoms with Gasteiger partial charge in [0.15, 0.2) is 11.5 Å². The Bertz CT molecular complexity index is 617. The number of hydrogen-bond donors (Lipinski definition) is 1. The second-order valence-corrected chi connectivity index (χ2v) is 5.25. The van der Waals surface area contributed by atoms with Gasteiger partial charge in [-0.05, 0) is 31.2 Å². The van der Waals surface area contributed by atoms with Crippen LogP contribution >= 0.6 is 23.2 Å². The third-order valence-corrected chi connectivity index (χ3v) is 3.56. The highest BCUT2D eigenvalue weighted by Crippen LogP contribution is 2.32. The van der Waals surface area contributed by atoms with Crippen molar-refractivity contribution in [2.24, 2.45) is 5.73 Å². The summed E-state index contributed by atoms with van der Waals surface area (Å²) in [7, 11) is 0. The van der Waals surface area contributed by atoms with Gasteiger partial charge < -0.3 is 15.2 Å². The van der Waals surface area contributed by atoms with Crippen LogP contribution in [0.1, 0.15) is 18.1 Å². The van der Waals surface area contributed by atoms with E-state index < -0.39 is 0 Å². The predicted molar refractivity (Wildman–Crippen MR) is 86.3 cm³/mol. The van der Waals surface area contributed by atoms with Gasteiger partial charge in [-0.15, -0.1) is 0 Å². The summed E-state index contributed by atoms with van der Waals surface area (Å²) in [5.74, 6) is 1.33. The Balaban J connectivity index is 2.24. The zero-order valence-electron chi connectivity index (χ0n) is 11.7. The first kappa shape index (κ1) is 16.0. The van der Waals surface area contributed by atoms with E-state index in [0.717, 1.165) is 11.1 Å². The van der Waals surface area contributed by atoms with Crippen LogP contribution in [0.25, 0.3) is 0 Å². The Morgan fingerprint density at radius 2 is 1.86 bits per heavy atom. The van der Waals surface area contributed by atoms with Crippen molar-refractivity contribution < 1.29 is 9.47 Å². The molecule has 5 heteroatoms. The number of hydrogen-bond acceptors (Lipinski definition) is 3. The molecular formula is C16H17Cl2NO2. The molecule has 0 fully saturated rings. The fraction of sp³-hybridized carbons (Fsp3) is 0.250. The van der Waals surface area contributed by atoms with Crippen molar-refractivity contribution >= 4 is 23.2 Å². The predicted octanol–water partition coefficient (Wildman–Crippen LogP) is 4.43. The van der Waals surface area contributed by atoms with Crippen LogP contribution in [0.4, 0.5) is 0 Å². The molecule has 0 saturated heterocycles. The number of ether oxygens (including phenoxy) is 2. The number of para-hydroxylation sites is 1. The molecule has 0 aliphatic rings. The van der Waals surface area contributed by atoms with Crippen LogP contribution in [0.2, 0.25) is 10.0 Å². The van der Waals surface area contributed by atoms with E-state index in [1.54, 1.807) is 18.2 Å². The monoisotopic (exact) mass is 325 g/mol. The molecule has 0 aliphatic carbocycles. The van der Waals surface area contributed by atoms with Crippen molar-refractivity contribution in [3.8, 4) is 11.5 Å². The van der Waals surface area contributed by atoms with E-state index >= 15 is 0 Å². The molecule has 0 amide bonds. The van der Waals surface area contributed by atoms with Crippen molar-refractivity contribution in [3.63, 3.8) is 0 Å². The van der Waals surface area contributed by atoms with Crippen LogP contribution in [-0.4, -0.2) is 6.61 Å². The molecule has 2 aromatic rings. The van der Waals surface area contributed by atoms with Crippen LogP contribution in [0.15, 0.2) is 36.4 Å². The SMILES string of the molecule is CCOc1cccc(CN)c1OCc1cc(Cl)ccc1Cl. The smallest absolute Gasteiger partial charge is 0.166 e. The fourth-order valence-electron chi connectivity index (χ4n) is 1.96. The zero-order valence-corrected chi connectivity index (χ0v) is 13.2. The van der Waals surface area contributed by atoms with Gasteiger partial charge >= 0.3 is 0 Å². The average Bonchev–Trinajstić information content (AvgIpc) is 2.49. The maximum absolute atomic E-state index is 6.14. The lowest BCUT2D eigenvalue weighted by Crippen LogP contribution is -2.05. The lowest BCUT2D eigenvalue weighted by Gasteiger charge is -2.15. The Hall–Kier alpha value is -1.42. The van der Waals surface area contributed by atoms with Crippen LogP contribution in [0, 0.1) is 0 Å². The summed E-state index contributed by atoms with van der Waals surface area (Å²) < 4.78 is 11.5. The molecule has 0 atom stereocenters. The first-order chi connectivity index (χ1) is 10.2. The fourth-order valence-corrected chi connectivity index (χ4v) is 2.33. The minimum Gasteiger partial charge on any atom is -0.490 e. The Kier molecular flexibility index (Phi) is 5.74. The molecule has 0 saturated carbocycles. The zero-order chi connectivity index (χ0) is 15.2. The molecule has 3 nitrogen and oxygen atoms in total. The normalized spacial score (nSPS) is 10.5. The van der Waals surface area contributed by atoms with Gasteiger partial charge in [0.1, 0.15) is 6.61 Å². The number of halogens is 2. The van der Waals surface area contributed by atoms with Gasteiger partial charge in [-0.25, -0.2) is 0 Å². The molecule has 0 aromatic heterocycles. The van der Waals surface area contributed by atoms with Gasteiger partial charge in [-0.3, -0.25) is 0 Å². The van der Waals surface area contributed by atoms with Crippen molar-refractivity contribution in [2.45, 2.75) is 20.1 Å². The number of nitrogens with two attached hydrogens (primary N) is 1. The van der Waals surface area contributed by atoms with E-state index in [2.05, 4.69) is 0 Å². The summed E-state index contributed by atoms with van der Waals surface area (Å²) in [6.45, 7) is 3.16.